The van der Waals surface area contributed by atoms with Gasteiger partial charge in [-0.1, -0.05) is 38.0 Å². The first-order valence-electron chi connectivity index (χ1n) is 7.27. The third-order valence-corrected chi connectivity index (χ3v) is 3.79. The fourth-order valence-corrected chi connectivity index (χ4v) is 2.63. The van der Waals surface area contributed by atoms with Gasteiger partial charge in [0.05, 0.1) is 6.10 Å². The molecule has 0 bridgehead atoms. The SMILES string of the molecule is CC1CCCCC1OCCCNc1ccccc1. The molecule has 0 radical (unpaired) electrons. The molecule has 1 fully saturated rings. The van der Waals surface area contributed by atoms with Crippen LogP contribution in [-0.4, -0.2) is 19.3 Å². The first kappa shape index (κ1) is 13.4. The first-order chi connectivity index (χ1) is 8.86. The van der Waals surface area contributed by atoms with Crippen molar-refractivity contribution in [2.75, 3.05) is 18.5 Å². The monoisotopic (exact) mass is 247 g/mol. The lowest BCUT2D eigenvalue weighted by atomic mass is 9.88. The normalized spacial score (nSPS) is 23.8. The molecule has 1 saturated carbocycles. The summed E-state index contributed by atoms with van der Waals surface area (Å²) in [6, 6.07) is 10.4. The molecule has 1 aromatic rings. The summed E-state index contributed by atoms with van der Waals surface area (Å²) in [5.74, 6) is 0.751. The summed E-state index contributed by atoms with van der Waals surface area (Å²) in [4.78, 5) is 0. The van der Waals surface area contributed by atoms with Crippen LogP contribution in [0.1, 0.15) is 39.0 Å². The molecule has 0 spiro atoms. The Morgan fingerprint density at radius 2 is 1.94 bits per heavy atom. The van der Waals surface area contributed by atoms with Gasteiger partial charge in [0.25, 0.3) is 0 Å². The Bertz CT molecular complexity index is 325. The highest BCUT2D eigenvalue weighted by Crippen LogP contribution is 2.26. The first-order valence-corrected chi connectivity index (χ1v) is 7.27. The molecule has 2 atom stereocenters. The van der Waals surface area contributed by atoms with Crippen molar-refractivity contribution in [3.8, 4) is 0 Å². The summed E-state index contributed by atoms with van der Waals surface area (Å²) in [5, 5.41) is 3.41. The number of para-hydroxylation sites is 1. The topological polar surface area (TPSA) is 21.3 Å². The van der Waals surface area contributed by atoms with Gasteiger partial charge in [-0.05, 0) is 37.3 Å². The molecule has 2 rings (SSSR count). The van der Waals surface area contributed by atoms with Crippen molar-refractivity contribution in [3.63, 3.8) is 0 Å². The zero-order valence-corrected chi connectivity index (χ0v) is 11.4. The van der Waals surface area contributed by atoms with Crippen LogP contribution >= 0.6 is 0 Å². The lowest BCUT2D eigenvalue weighted by molar-refractivity contribution is -0.00488. The summed E-state index contributed by atoms with van der Waals surface area (Å²) in [7, 11) is 0. The van der Waals surface area contributed by atoms with E-state index in [0.29, 0.717) is 6.10 Å². The summed E-state index contributed by atoms with van der Waals surface area (Å²) in [6.07, 6.45) is 6.92. The Labute approximate surface area is 111 Å². The van der Waals surface area contributed by atoms with Crippen LogP contribution in [0.5, 0.6) is 0 Å². The van der Waals surface area contributed by atoms with Gasteiger partial charge in [-0.25, -0.2) is 0 Å². The highest BCUT2D eigenvalue weighted by molar-refractivity contribution is 5.42. The van der Waals surface area contributed by atoms with Crippen molar-refractivity contribution in [2.24, 2.45) is 5.92 Å². The van der Waals surface area contributed by atoms with Crippen LogP contribution in [0.4, 0.5) is 5.69 Å². The highest BCUT2D eigenvalue weighted by atomic mass is 16.5. The van der Waals surface area contributed by atoms with E-state index in [1.165, 1.54) is 31.4 Å². The molecule has 100 valence electrons. The molecule has 0 aliphatic heterocycles. The smallest absolute Gasteiger partial charge is 0.0600 e. The van der Waals surface area contributed by atoms with Crippen LogP contribution in [0, 0.1) is 5.92 Å². The second-order valence-corrected chi connectivity index (χ2v) is 5.32. The molecule has 1 aromatic carbocycles. The molecule has 1 aliphatic rings. The largest absolute Gasteiger partial charge is 0.385 e. The van der Waals surface area contributed by atoms with Gasteiger partial charge in [-0.2, -0.15) is 0 Å². The molecule has 0 saturated heterocycles. The van der Waals surface area contributed by atoms with Crippen LogP contribution in [0.15, 0.2) is 30.3 Å². The molecule has 2 heteroatoms. The molecule has 2 unspecified atom stereocenters. The van der Waals surface area contributed by atoms with Crippen molar-refractivity contribution in [2.45, 2.75) is 45.1 Å². The third-order valence-electron chi connectivity index (χ3n) is 3.79. The molecular weight excluding hydrogens is 222 g/mol. The van der Waals surface area contributed by atoms with E-state index in [9.17, 15) is 0 Å². The molecule has 0 amide bonds. The average molecular weight is 247 g/mol. The Morgan fingerprint density at radius 3 is 2.72 bits per heavy atom. The number of rotatable bonds is 6. The van der Waals surface area contributed by atoms with E-state index in [4.69, 9.17) is 4.74 Å². The van der Waals surface area contributed by atoms with Crippen LogP contribution in [0.3, 0.4) is 0 Å². The number of anilines is 1. The lowest BCUT2D eigenvalue weighted by Crippen LogP contribution is -2.26. The zero-order chi connectivity index (χ0) is 12.6. The van der Waals surface area contributed by atoms with E-state index in [-0.39, 0.29) is 0 Å². The van der Waals surface area contributed by atoms with Gasteiger partial charge in [0, 0.05) is 18.8 Å². The van der Waals surface area contributed by atoms with Crippen LogP contribution < -0.4 is 5.32 Å². The van der Waals surface area contributed by atoms with Gasteiger partial charge in [-0.15, -0.1) is 0 Å². The standard InChI is InChI=1S/C16H25NO/c1-14-8-5-6-11-16(14)18-13-7-12-17-15-9-3-2-4-10-15/h2-4,9-10,14,16-17H,5-8,11-13H2,1H3. The second kappa shape index (κ2) is 7.42. The quantitative estimate of drug-likeness (QED) is 0.765. The number of nitrogens with one attached hydrogen (secondary N) is 1. The van der Waals surface area contributed by atoms with Gasteiger partial charge in [-0.3, -0.25) is 0 Å². The fraction of sp³-hybridized carbons (Fsp3) is 0.625. The maximum atomic E-state index is 5.99. The number of hydrogen-bond acceptors (Lipinski definition) is 2. The molecular formula is C16H25NO. The van der Waals surface area contributed by atoms with Gasteiger partial charge < -0.3 is 10.1 Å². The van der Waals surface area contributed by atoms with Crippen molar-refractivity contribution in [1.29, 1.82) is 0 Å². The molecule has 1 N–H and O–H groups in total. The van der Waals surface area contributed by atoms with E-state index < -0.39 is 0 Å². The number of hydrogen-bond donors (Lipinski definition) is 1. The minimum Gasteiger partial charge on any atom is -0.385 e. The van der Waals surface area contributed by atoms with E-state index in [1.807, 2.05) is 6.07 Å². The Hall–Kier alpha value is -1.02. The van der Waals surface area contributed by atoms with Crippen molar-refractivity contribution in [1.82, 2.24) is 0 Å². The maximum absolute atomic E-state index is 5.99. The minimum absolute atomic E-state index is 0.510. The number of benzene rings is 1. The van der Waals surface area contributed by atoms with E-state index in [2.05, 4.69) is 36.5 Å². The Balaban J connectivity index is 1.56. The fourth-order valence-electron chi connectivity index (χ4n) is 2.63. The predicted octanol–water partition coefficient (Wildman–Crippen LogP) is 4.08. The summed E-state index contributed by atoms with van der Waals surface area (Å²) in [6.45, 7) is 4.20. The summed E-state index contributed by atoms with van der Waals surface area (Å²) < 4.78 is 5.99. The highest BCUT2D eigenvalue weighted by Gasteiger charge is 2.21. The van der Waals surface area contributed by atoms with Crippen LogP contribution in [-0.2, 0) is 4.74 Å². The second-order valence-electron chi connectivity index (χ2n) is 5.32. The van der Waals surface area contributed by atoms with E-state index in [0.717, 1.165) is 25.5 Å². The van der Waals surface area contributed by atoms with Crippen LogP contribution in [0.2, 0.25) is 0 Å². The van der Waals surface area contributed by atoms with Crippen molar-refractivity contribution < 1.29 is 4.74 Å². The molecule has 1 aliphatic carbocycles. The molecule has 0 aromatic heterocycles. The van der Waals surface area contributed by atoms with Gasteiger partial charge in [0.15, 0.2) is 0 Å². The Morgan fingerprint density at radius 1 is 1.17 bits per heavy atom. The third kappa shape index (κ3) is 4.34. The summed E-state index contributed by atoms with van der Waals surface area (Å²) >= 11 is 0. The lowest BCUT2D eigenvalue weighted by Gasteiger charge is -2.28. The Kier molecular flexibility index (Phi) is 5.53. The van der Waals surface area contributed by atoms with E-state index >= 15 is 0 Å². The van der Waals surface area contributed by atoms with Gasteiger partial charge in [0.1, 0.15) is 0 Å². The minimum atomic E-state index is 0.510. The average Bonchev–Trinajstić information content (AvgIpc) is 2.42. The van der Waals surface area contributed by atoms with Gasteiger partial charge in [0.2, 0.25) is 0 Å². The van der Waals surface area contributed by atoms with Crippen LogP contribution in [0.25, 0.3) is 0 Å². The van der Waals surface area contributed by atoms with Crippen molar-refractivity contribution >= 4 is 5.69 Å². The molecule has 0 heterocycles. The molecule has 2 nitrogen and oxygen atoms in total. The maximum Gasteiger partial charge on any atom is 0.0600 e. The predicted molar refractivity (Wildman–Crippen MR) is 76.9 cm³/mol. The molecule has 18 heavy (non-hydrogen) atoms. The van der Waals surface area contributed by atoms with Crippen molar-refractivity contribution in [3.05, 3.63) is 30.3 Å². The zero-order valence-electron chi connectivity index (χ0n) is 11.4. The van der Waals surface area contributed by atoms with E-state index in [1.54, 1.807) is 0 Å². The summed E-state index contributed by atoms with van der Waals surface area (Å²) in [5.41, 5.74) is 1.20. The number of ether oxygens (including phenoxy) is 1. The van der Waals surface area contributed by atoms with Gasteiger partial charge >= 0.3 is 0 Å².